The molecule has 4 N–H and O–H groups in total. The largest absolute Gasteiger partial charge is 0.390 e. The Morgan fingerprint density at radius 1 is 1.42 bits per heavy atom. The molecule has 2 aromatic heterocycles. The Labute approximate surface area is 147 Å². The fourth-order valence-corrected chi connectivity index (χ4v) is 3.34. The van der Waals surface area contributed by atoms with Crippen molar-refractivity contribution in [2.24, 2.45) is 0 Å². The molecule has 9 nitrogen and oxygen atoms in total. The van der Waals surface area contributed by atoms with Crippen molar-refractivity contribution in [2.45, 2.75) is 49.7 Å². The van der Waals surface area contributed by atoms with Crippen LogP contribution in [0, 0.1) is 0 Å². The zero-order valence-corrected chi connectivity index (χ0v) is 14.3. The zero-order chi connectivity index (χ0) is 18.9. The van der Waals surface area contributed by atoms with Gasteiger partial charge in [0.25, 0.3) is 5.85 Å². The molecule has 0 amide bonds. The van der Waals surface area contributed by atoms with E-state index in [-0.39, 0.29) is 11.6 Å². The van der Waals surface area contributed by atoms with E-state index in [1.54, 1.807) is 0 Å². The Bertz CT molecular complexity index is 857. The first-order chi connectivity index (χ1) is 12.2. The first-order valence-electron chi connectivity index (χ1n) is 8.26. The van der Waals surface area contributed by atoms with E-state index in [2.05, 4.69) is 15.0 Å². The summed E-state index contributed by atoms with van der Waals surface area (Å²) in [4.78, 5) is 14.5. The summed E-state index contributed by atoms with van der Waals surface area (Å²) < 4.78 is 35.8. The molecule has 1 saturated carbocycles. The van der Waals surface area contributed by atoms with Gasteiger partial charge in [-0.3, -0.25) is 4.57 Å². The molecule has 1 unspecified atom stereocenters. The van der Waals surface area contributed by atoms with Gasteiger partial charge in [0.1, 0.15) is 6.61 Å². The van der Waals surface area contributed by atoms with Crippen LogP contribution in [0.15, 0.2) is 6.33 Å². The van der Waals surface area contributed by atoms with Crippen LogP contribution in [0.2, 0.25) is 0 Å². The third-order valence-corrected chi connectivity index (χ3v) is 5.05. The Morgan fingerprint density at radius 2 is 2.12 bits per heavy atom. The van der Waals surface area contributed by atoms with Gasteiger partial charge >= 0.3 is 0 Å². The Kier molecular flexibility index (Phi) is 3.62. The number of hydrogen-bond acceptors (Lipinski definition) is 8. The number of fused-ring (bicyclic) bond motifs is 1. The van der Waals surface area contributed by atoms with Gasteiger partial charge in [-0.1, -0.05) is 0 Å². The lowest BCUT2D eigenvalue weighted by Crippen LogP contribution is -2.46. The van der Waals surface area contributed by atoms with E-state index in [1.807, 2.05) is 11.9 Å². The summed E-state index contributed by atoms with van der Waals surface area (Å²) in [5, 5.41) is 19.1. The molecule has 4 atom stereocenters. The van der Waals surface area contributed by atoms with Gasteiger partial charge < -0.3 is 25.6 Å². The van der Waals surface area contributed by atoms with Gasteiger partial charge in [0, 0.05) is 13.1 Å². The van der Waals surface area contributed by atoms with Gasteiger partial charge in [0.05, 0.1) is 6.33 Å². The van der Waals surface area contributed by atoms with Crippen LogP contribution in [0.1, 0.15) is 26.0 Å². The van der Waals surface area contributed by atoms with Crippen molar-refractivity contribution in [3.8, 4) is 0 Å². The van der Waals surface area contributed by atoms with E-state index < -0.39 is 30.5 Å². The van der Waals surface area contributed by atoms with Crippen molar-refractivity contribution in [3.63, 3.8) is 0 Å². The SMILES string of the molecule is CN(c1nc(N)nc2c1ncn2[C@@H]1O[C@](F)(CO)C(O)[C@@]1(C)F)C1CC1. The molecule has 1 saturated heterocycles. The quantitative estimate of drug-likeness (QED) is 0.702. The van der Waals surface area contributed by atoms with Gasteiger partial charge in [-0.25, -0.2) is 13.8 Å². The summed E-state index contributed by atoms with van der Waals surface area (Å²) >= 11 is 0. The van der Waals surface area contributed by atoms with Crippen molar-refractivity contribution in [1.82, 2.24) is 19.5 Å². The van der Waals surface area contributed by atoms with E-state index in [1.165, 1.54) is 6.33 Å². The van der Waals surface area contributed by atoms with E-state index in [0.717, 1.165) is 24.3 Å². The van der Waals surface area contributed by atoms with Gasteiger partial charge in [0.2, 0.25) is 5.95 Å². The number of rotatable bonds is 4. The van der Waals surface area contributed by atoms with Gasteiger partial charge in [0.15, 0.2) is 35.0 Å². The fourth-order valence-electron chi connectivity index (χ4n) is 3.34. The molecular formula is C15H20F2N6O3. The van der Waals surface area contributed by atoms with Crippen LogP contribution in [0.3, 0.4) is 0 Å². The highest BCUT2D eigenvalue weighted by Gasteiger charge is 2.64. The van der Waals surface area contributed by atoms with Crippen LogP contribution < -0.4 is 10.6 Å². The summed E-state index contributed by atoms with van der Waals surface area (Å²) in [6, 6.07) is 0.321. The highest BCUT2D eigenvalue weighted by molar-refractivity contribution is 5.85. The number of nitrogens with zero attached hydrogens (tertiary/aromatic N) is 5. The Morgan fingerprint density at radius 3 is 2.69 bits per heavy atom. The minimum atomic E-state index is -2.93. The first-order valence-corrected chi connectivity index (χ1v) is 8.26. The standard InChI is InChI=1S/C15H20F2N6O3/c1-14(16)11(25)15(17,5-24)26-12(14)23-6-19-8-9(22(2)7-3-4-7)20-13(18)21-10(8)23/h6-7,11-12,24-25H,3-5H2,1-2H3,(H2,18,20,21)/t11?,12-,14-,15-/m1/s1. The summed E-state index contributed by atoms with van der Waals surface area (Å²) in [7, 11) is 1.85. The number of nitrogen functional groups attached to an aromatic ring is 1. The van der Waals surface area contributed by atoms with Crippen molar-refractivity contribution in [3.05, 3.63) is 6.33 Å². The molecule has 3 heterocycles. The number of aliphatic hydroxyl groups excluding tert-OH is 2. The molecule has 26 heavy (non-hydrogen) atoms. The lowest BCUT2D eigenvalue weighted by atomic mass is 9.97. The monoisotopic (exact) mass is 370 g/mol. The topological polar surface area (TPSA) is 123 Å². The van der Waals surface area contributed by atoms with Crippen molar-refractivity contribution in [1.29, 1.82) is 0 Å². The predicted octanol–water partition coefficient (Wildman–Crippen LogP) is 0.283. The fraction of sp³-hybridized carbons (Fsp3) is 0.667. The third-order valence-electron chi connectivity index (χ3n) is 5.05. The summed E-state index contributed by atoms with van der Waals surface area (Å²) in [6.45, 7) is -0.198. The van der Waals surface area contributed by atoms with Crippen LogP contribution >= 0.6 is 0 Å². The number of alkyl halides is 2. The molecule has 0 aromatic carbocycles. The molecule has 2 aliphatic rings. The summed E-state index contributed by atoms with van der Waals surface area (Å²) in [5.41, 5.74) is 3.78. The van der Waals surface area contributed by atoms with E-state index in [9.17, 15) is 14.6 Å². The minimum Gasteiger partial charge on any atom is -0.390 e. The van der Waals surface area contributed by atoms with E-state index in [4.69, 9.17) is 10.5 Å². The molecule has 2 fully saturated rings. The number of ether oxygens (including phenoxy) is 1. The average Bonchev–Trinajstić information content (AvgIpc) is 3.34. The van der Waals surface area contributed by atoms with Crippen molar-refractivity contribution >= 4 is 22.9 Å². The number of imidazole rings is 1. The number of hydrogen-bond donors (Lipinski definition) is 3. The maximum atomic E-state index is 15.1. The number of aliphatic hydroxyl groups is 2. The van der Waals surface area contributed by atoms with Crippen LogP contribution in [0.5, 0.6) is 0 Å². The maximum absolute atomic E-state index is 15.1. The van der Waals surface area contributed by atoms with E-state index in [0.29, 0.717) is 17.4 Å². The smallest absolute Gasteiger partial charge is 0.263 e. The normalized spacial score (nSPS) is 34.5. The molecule has 1 aliphatic heterocycles. The molecule has 1 aliphatic carbocycles. The number of halogens is 2. The lowest BCUT2D eigenvalue weighted by Gasteiger charge is -2.24. The number of aromatic nitrogens is 4. The van der Waals surface area contributed by atoms with Crippen LogP contribution in [-0.4, -0.2) is 67.1 Å². The predicted molar refractivity (Wildman–Crippen MR) is 87.7 cm³/mol. The molecule has 142 valence electrons. The van der Waals surface area contributed by atoms with Gasteiger partial charge in [-0.2, -0.15) is 9.97 Å². The molecule has 0 bridgehead atoms. The number of anilines is 2. The van der Waals surface area contributed by atoms with Crippen LogP contribution in [0.25, 0.3) is 11.2 Å². The molecular weight excluding hydrogens is 350 g/mol. The molecule has 11 heteroatoms. The highest BCUT2D eigenvalue weighted by atomic mass is 19.2. The van der Waals surface area contributed by atoms with Gasteiger partial charge in [-0.05, 0) is 19.8 Å². The molecule has 2 aromatic rings. The molecule has 4 rings (SSSR count). The third kappa shape index (κ3) is 2.34. The average molecular weight is 370 g/mol. The second-order valence-electron chi connectivity index (χ2n) is 7.04. The van der Waals surface area contributed by atoms with Crippen LogP contribution in [-0.2, 0) is 4.74 Å². The second kappa shape index (κ2) is 5.44. The minimum absolute atomic E-state index is 0.0467. The summed E-state index contributed by atoms with van der Waals surface area (Å²) in [6.07, 6.45) is -0.502. The van der Waals surface area contributed by atoms with Crippen molar-refractivity contribution in [2.75, 3.05) is 24.3 Å². The maximum Gasteiger partial charge on any atom is 0.263 e. The highest BCUT2D eigenvalue weighted by Crippen LogP contribution is 2.48. The number of nitrogens with two attached hydrogens (primary N) is 1. The van der Waals surface area contributed by atoms with Crippen molar-refractivity contribution < 1.29 is 23.7 Å². The van der Waals surface area contributed by atoms with E-state index >= 15 is 4.39 Å². The first kappa shape index (κ1) is 17.3. The summed E-state index contributed by atoms with van der Waals surface area (Å²) in [5.74, 6) is -2.49. The second-order valence-corrected chi connectivity index (χ2v) is 7.04. The molecule has 0 spiro atoms. The Balaban J connectivity index is 1.83. The Hall–Kier alpha value is -2.11. The molecule has 0 radical (unpaired) electrons. The van der Waals surface area contributed by atoms with Crippen LogP contribution in [0.4, 0.5) is 20.5 Å². The zero-order valence-electron chi connectivity index (χ0n) is 14.3. The lowest BCUT2D eigenvalue weighted by molar-refractivity contribution is -0.206. The van der Waals surface area contributed by atoms with Gasteiger partial charge in [-0.15, -0.1) is 0 Å².